The van der Waals surface area contributed by atoms with Gasteiger partial charge in [-0.15, -0.1) is 0 Å². The van der Waals surface area contributed by atoms with Gasteiger partial charge in [0, 0.05) is 26.8 Å². The van der Waals surface area contributed by atoms with Crippen molar-refractivity contribution >= 4 is 63.2 Å². The van der Waals surface area contributed by atoms with Crippen molar-refractivity contribution in [2.75, 3.05) is 23.2 Å². The van der Waals surface area contributed by atoms with Crippen LogP contribution in [0.25, 0.3) is 10.9 Å². The van der Waals surface area contributed by atoms with E-state index in [4.69, 9.17) is 27.9 Å². The van der Waals surface area contributed by atoms with E-state index in [1.54, 1.807) is 67.6 Å². The molecule has 35 heavy (non-hydrogen) atoms. The fraction of sp³-hybridized carbons (Fsp3) is 0.0800. The number of aromatic nitrogens is 1. The van der Waals surface area contributed by atoms with Gasteiger partial charge in [0.05, 0.1) is 7.11 Å². The van der Waals surface area contributed by atoms with Crippen LogP contribution < -0.4 is 20.8 Å². The topological polar surface area (TPSA) is 101 Å². The first-order valence-corrected chi connectivity index (χ1v) is 11.2. The Kier molecular flexibility index (Phi) is 6.95. The van der Waals surface area contributed by atoms with Crippen molar-refractivity contribution in [3.05, 3.63) is 88.0 Å². The first kappa shape index (κ1) is 24.1. The molecular formula is C25H20Cl2N4O4. The molecule has 0 aliphatic carbocycles. The lowest BCUT2D eigenvalue weighted by Gasteiger charge is -2.15. The van der Waals surface area contributed by atoms with Gasteiger partial charge in [-0.05, 0) is 55.0 Å². The molecule has 0 spiro atoms. The molecule has 0 saturated carbocycles. The lowest BCUT2D eigenvalue weighted by Crippen LogP contribution is -2.36. The Morgan fingerprint density at radius 1 is 0.886 bits per heavy atom. The molecular weight excluding hydrogens is 491 g/mol. The van der Waals surface area contributed by atoms with Crippen LogP contribution in [0, 0.1) is 6.92 Å². The number of halogens is 2. The van der Waals surface area contributed by atoms with Crippen molar-refractivity contribution in [3.8, 4) is 5.75 Å². The normalized spacial score (nSPS) is 10.6. The first-order chi connectivity index (χ1) is 16.8. The van der Waals surface area contributed by atoms with Crippen LogP contribution in [-0.2, 0) is 9.59 Å². The standard InChI is InChI=1S/C25H20Cl2N4O4/c1-14-18(27)9-5-10-19(14)29-23(32)20-12-15-6-3-11-21(35-2)22(15)31(20)30-25(34)24(33)28-17-8-4-7-16(26)13-17/h3-13H,1-2H3,(H,28,33)(H,29,32)(H,30,34). The molecule has 178 valence electrons. The largest absolute Gasteiger partial charge is 0.494 e. The van der Waals surface area contributed by atoms with Gasteiger partial charge in [-0.2, -0.15) is 0 Å². The number of anilines is 2. The van der Waals surface area contributed by atoms with Gasteiger partial charge >= 0.3 is 11.8 Å². The minimum atomic E-state index is -0.999. The molecule has 4 aromatic rings. The highest BCUT2D eigenvalue weighted by Crippen LogP contribution is 2.29. The van der Waals surface area contributed by atoms with Crippen LogP contribution in [0.1, 0.15) is 16.1 Å². The Balaban J connectivity index is 1.69. The van der Waals surface area contributed by atoms with Crippen molar-refractivity contribution in [1.29, 1.82) is 0 Å². The van der Waals surface area contributed by atoms with Crippen LogP contribution in [0.3, 0.4) is 0 Å². The Hall–Kier alpha value is -4.01. The summed E-state index contributed by atoms with van der Waals surface area (Å²) in [4.78, 5) is 38.6. The van der Waals surface area contributed by atoms with Crippen LogP contribution >= 0.6 is 23.2 Å². The van der Waals surface area contributed by atoms with Gasteiger partial charge in [-0.25, -0.2) is 4.68 Å². The molecule has 1 aromatic heterocycles. The van der Waals surface area contributed by atoms with Gasteiger partial charge in [0.15, 0.2) is 0 Å². The maximum absolute atomic E-state index is 13.3. The van der Waals surface area contributed by atoms with Gasteiger partial charge in [0.1, 0.15) is 17.0 Å². The Morgan fingerprint density at radius 3 is 2.37 bits per heavy atom. The monoisotopic (exact) mass is 510 g/mol. The first-order valence-electron chi connectivity index (χ1n) is 10.4. The van der Waals surface area contributed by atoms with Crippen molar-refractivity contribution < 1.29 is 19.1 Å². The fourth-order valence-corrected chi connectivity index (χ4v) is 3.88. The van der Waals surface area contributed by atoms with Gasteiger partial charge < -0.3 is 15.4 Å². The summed E-state index contributed by atoms with van der Waals surface area (Å²) < 4.78 is 6.65. The van der Waals surface area contributed by atoms with Crippen LogP contribution in [0.2, 0.25) is 10.0 Å². The average Bonchev–Trinajstić information content (AvgIpc) is 3.20. The van der Waals surface area contributed by atoms with Crippen molar-refractivity contribution in [2.24, 2.45) is 0 Å². The highest BCUT2D eigenvalue weighted by molar-refractivity contribution is 6.42. The van der Waals surface area contributed by atoms with E-state index in [9.17, 15) is 14.4 Å². The van der Waals surface area contributed by atoms with E-state index in [0.717, 1.165) is 0 Å². The highest BCUT2D eigenvalue weighted by Gasteiger charge is 2.23. The van der Waals surface area contributed by atoms with E-state index >= 15 is 0 Å². The number of carbonyl (C=O) groups is 3. The molecule has 0 bridgehead atoms. The number of ether oxygens (including phenoxy) is 1. The predicted octanol–water partition coefficient (Wildman–Crippen LogP) is 5.23. The molecule has 3 aromatic carbocycles. The van der Waals surface area contributed by atoms with E-state index in [1.807, 2.05) is 0 Å². The third kappa shape index (κ3) is 5.08. The summed E-state index contributed by atoms with van der Waals surface area (Å²) in [5, 5.41) is 6.80. The summed E-state index contributed by atoms with van der Waals surface area (Å²) in [6, 6.07) is 18.3. The Labute approximate surface area is 210 Å². The smallest absolute Gasteiger partial charge is 0.328 e. The second kappa shape index (κ2) is 10.1. The summed E-state index contributed by atoms with van der Waals surface area (Å²) in [5.74, 6) is -2.07. The molecule has 0 saturated heterocycles. The number of amides is 3. The van der Waals surface area contributed by atoms with Crippen LogP contribution in [-0.4, -0.2) is 29.5 Å². The zero-order chi connectivity index (χ0) is 25.1. The van der Waals surface area contributed by atoms with Gasteiger partial charge in [0.2, 0.25) is 0 Å². The molecule has 3 amide bonds. The van der Waals surface area contributed by atoms with Crippen LogP contribution in [0.4, 0.5) is 11.4 Å². The number of nitrogens with zero attached hydrogens (tertiary/aromatic N) is 1. The maximum Gasteiger partial charge on any atom is 0.328 e. The number of benzene rings is 3. The maximum atomic E-state index is 13.3. The van der Waals surface area contributed by atoms with Gasteiger partial charge in [-0.1, -0.05) is 47.5 Å². The fourth-order valence-electron chi connectivity index (χ4n) is 3.51. The number of hydrogen-bond acceptors (Lipinski definition) is 4. The molecule has 0 radical (unpaired) electrons. The Morgan fingerprint density at radius 2 is 1.63 bits per heavy atom. The molecule has 8 nitrogen and oxygen atoms in total. The van der Waals surface area contributed by atoms with E-state index in [-0.39, 0.29) is 5.69 Å². The Bertz CT molecular complexity index is 1470. The van der Waals surface area contributed by atoms with Gasteiger partial charge in [-0.3, -0.25) is 19.8 Å². The SMILES string of the molecule is COc1cccc2cc(C(=O)Nc3cccc(Cl)c3C)n(NC(=O)C(=O)Nc3cccc(Cl)c3)c12. The van der Waals surface area contributed by atoms with Crippen LogP contribution in [0.5, 0.6) is 5.75 Å². The number of rotatable bonds is 5. The van der Waals surface area contributed by atoms with Gasteiger partial charge in [0.25, 0.3) is 5.91 Å². The number of hydrogen-bond donors (Lipinski definition) is 3. The van der Waals surface area contributed by atoms with Crippen molar-refractivity contribution in [2.45, 2.75) is 6.92 Å². The summed E-state index contributed by atoms with van der Waals surface area (Å²) in [7, 11) is 1.47. The van der Waals surface area contributed by atoms with E-state index in [1.165, 1.54) is 17.9 Å². The summed E-state index contributed by atoms with van der Waals surface area (Å²) in [5.41, 5.74) is 4.53. The summed E-state index contributed by atoms with van der Waals surface area (Å²) in [6.07, 6.45) is 0. The molecule has 0 atom stereocenters. The summed E-state index contributed by atoms with van der Waals surface area (Å²) in [6.45, 7) is 1.78. The molecule has 4 rings (SSSR count). The second-order valence-corrected chi connectivity index (χ2v) is 8.38. The number of nitrogens with one attached hydrogen (secondary N) is 3. The third-order valence-corrected chi connectivity index (χ3v) is 5.90. The molecule has 0 aliphatic rings. The van der Waals surface area contributed by atoms with Crippen LogP contribution in [0.15, 0.2) is 66.7 Å². The second-order valence-electron chi connectivity index (χ2n) is 7.54. The lowest BCUT2D eigenvalue weighted by atomic mass is 10.2. The van der Waals surface area contributed by atoms with Crippen molar-refractivity contribution in [3.63, 3.8) is 0 Å². The minimum absolute atomic E-state index is 0.0766. The number of para-hydroxylation sites is 1. The van der Waals surface area contributed by atoms with E-state index in [0.29, 0.717) is 43.6 Å². The zero-order valence-electron chi connectivity index (χ0n) is 18.7. The number of carbonyl (C=O) groups excluding carboxylic acids is 3. The minimum Gasteiger partial charge on any atom is -0.494 e. The van der Waals surface area contributed by atoms with Crippen molar-refractivity contribution in [1.82, 2.24) is 4.68 Å². The molecule has 0 aliphatic heterocycles. The molecule has 0 fully saturated rings. The number of methoxy groups -OCH3 is 1. The zero-order valence-corrected chi connectivity index (χ0v) is 20.2. The lowest BCUT2D eigenvalue weighted by molar-refractivity contribution is -0.133. The number of fused-ring (bicyclic) bond motifs is 1. The average molecular weight is 511 g/mol. The molecule has 3 N–H and O–H groups in total. The highest BCUT2D eigenvalue weighted by atomic mass is 35.5. The molecule has 1 heterocycles. The predicted molar refractivity (Wildman–Crippen MR) is 137 cm³/mol. The quantitative estimate of drug-likeness (QED) is 0.320. The van der Waals surface area contributed by atoms with E-state index in [2.05, 4.69) is 16.1 Å². The third-order valence-electron chi connectivity index (χ3n) is 5.26. The molecule has 0 unspecified atom stereocenters. The summed E-state index contributed by atoms with van der Waals surface area (Å²) >= 11 is 12.1. The van der Waals surface area contributed by atoms with E-state index < -0.39 is 17.7 Å². The molecule has 10 heteroatoms.